The third-order valence-electron chi connectivity index (χ3n) is 3.12. The second-order valence-corrected chi connectivity index (χ2v) is 5.04. The largest absolute Gasteiger partial charge is 0.494 e. The van der Waals surface area contributed by atoms with Crippen LogP contribution >= 0.6 is 0 Å². The molecule has 0 unspecified atom stereocenters. The van der Waals surface area contributed by atoms with Crippen molar-refractivity contribution in [2.24, 2.45) is 0 Å². The zero-order valence-electron chi connectivity index (χ0n) is 12.6. The van der Waals surface area contributed by atoms with Gasteiger partial charge in [-0.15, -0.1) is 0 Å². The lowest BCUT2D eigenvalue weighted by Crippen LogP contribution is -2.10. The molecular formula is C18H20O3. The van der Waals surface area contributed by atoms with Crippen LogP contribution in [0.1, 0.15) is 42.6 Å². The lowest BCUT2D eigenvalue weighted by molar-refractivity contribution is 0.0732. The van der Waals surface area contributed by atoms with E-state index in [4.69, 9.17) is 9.47 Å². The Balaban J connectivity index is 2.20. The molecule has 0 amide bonds. The molecule has 0 fully saturated rings. The van der Waals surface area contributed by atoms with Gasteiger partial charge in [-0.1, -0.05) is 38.1 Å². The van der Waals surface area contributed by atoms with Gasteiger partial charge < -0.3 is 9.47 Å². The highest BCUT2D eigenvalue weighted by molar-refractivity contribution is 5.91. The zero-order chi connectivity index (χ0) is 15.2. The molecule has 3 heteroatoms. The normalized spacial score (nSPS) is 10.5. The fourth-order valence-electron chi connectivity index (χ4n) is 2.09. The second-order valence-electron chi connectivity index (χ2n) is 5.04. The number of benzene rings is 2. The molecule has 2 aromatic carbocycles. The number of ether oxygens (including phenoxy) is 2. The monoisotopic (exact) mass is 284 g/mol. The van der Waals surface area contributed by atoms with E-state index >= 15 is 0 Å². The van der Waals surface area contributed by atoms with Crippen LogP contribution in [0.25, 0.3) is 0 Å². The minimum atomic E-state index is -0.371. The molecule has 0 heterocycles. The Morgan fingerprint density at radius 2 is 1.86 bits per heavy atom. The van der Waals surface area contributed by atoms with E-state index in [1.807, 2.05) is 37.3 Å². The summed E-state index contributed by atoms with van der Waals surface area (Å²) < 4.78 is 10.9. The number of rotatable bonds is 5. The van der Waals surface area contributed by atoms with Crippen molar-refractivity contribution in [1.82, 2.24) is 0 Å². The highest BCUT2D eigenvalue weighted by Gasteiger charge is 2.13. The maximum atomic E-state index is 12.3. The van der Waals surface area contributed by atoms with Crippen LogP contribution in [-0.2, 0) is 0 Å². The third kappa shape index (κ3) is 3.85. The Kier molecular flexibility index (Phi) is 4.99. The van der Waals surface area contributed by atoms with Crippen LogP contribution in [0.3, 0.4) is 0 Å². The number of hydrogen-bond donors (Lipinski definition) is 0. The van der Waals surface area contributed by atoms with Crippen molar-refractivity contribution in [1.29, 1.82) is 0 Å². The van der Waals surface area contributed by atoms with Gasteiger partial charge in [-0.2, -0.15) is 0 Å². The van der Waals surface area contributed by atoms with E-state index in [0.717, 1.165) is 5.56 Å². The quantitative estimate of drug-likeness (QED) is 0.602. The average Bonchev–Trinajstić information content (AvgIpc) is 2.48. The van der Waals surface area contributed by atoms with Gasteiger partial charge in [-0.25, -0.2) is 4.79 Å². The van der Waals surface area contributed by atoms with Crippen molar-refractivity contribution >= 4 is 5.97 Å². The molecule has 0 saturated carbocycles. The van der Waals surface area contributed by atoms with E-state index in [2.05, 4.69) is 13.8 Å². The van der Waals surface area contributed by atoms with E-state index in [1.54, 1.807) is 18.2 Å². The summed E-state index contributed by atoms with van der Waals surface area (Å²) >= 11 is 0. The molecule has 0 saturated heterocycles. The SMILES string of the molecule is CCOc1cccc(C(=O)Oc2ccccc2C(C)C)c1. The van der Waals surface area contributed by atoms with Crippen LogP contribution in [0.4, 0.5) is 0 Å². The maximum absolute atomic E-state index is 12.3. The summed E-state index contributed by atoms with van der Waals surface area (Å²) in [5.74, 6) is 1.21. The van der Waals surface area contributed by atoms with Gasteiger partial charge in [0.05, 0.1) is 12.2 Å². The van der Waals surface area contributed by atoms with Gasteiger partial charge in [0.15, 0.2) is 0 Å². The summed E-state index contributed by atoms with van der Waals surface area (Å²) in [5, 5.41) is 0. The summed E-state index contributed by atoms with van der Waals surface area (Å²) in [6.07, 6.45) is 0. The van der Waals surface area contributed by atoms with Gasteiger partial charge >= 0.3 is 5.97 Å². The van der Waals surface area contributed by atoms with Crippen molar-refractivity contribution in [2.75, 3.05) is 6.61 Å². The van der Waals surface area contributed by atoms with Crippen LogP contribution < -0.4 is 9.47 Å². The summed E-state index contributed by atoms with van der Waals surface area (Å²) in [4.78, 5) is 12.3. The molecule has 0 aliphatic heterocycles. The predicted octanol–water partition coefficient (Wildman–Crippen LogP) is 4.43. The average molecular weight is 284 g/mol. The number of carbonyl (C=O) groups is 1. The summed E-state index contributed by atoms with van der Waals surface area (Å²) in [6, 6.07) is 14.6. The number of esters is 1. The highest BCUT2D eigenvalue weighted by atomic mass is 16.5. The van der Waals surface area contributed by atoms with Crippen molar-refractivity contribution in [3.8, 4) is 11.5 Å². The van der Waals surface area contributed by atoms with E-state index < -0.39 is 0 Å². The lowest BCUT2D eigenvalue weighted by Gasteiger charge is -2.12. The van der Waals surface area contributed by atoms with Crippen LogP contribution in [0.2, 0.25) is 0 Å². The van der Waals surface area contributed by atoms with Gasteiger partial charge in [0.25, 0.3) is 0 Å². The fraction of sp³-hybridized carbons (Fsp3) is 0.278. The summed E-state index contributed by atoms with van der Waals surface area (Å²) in [5.41, 5.74) is 1.51. The molecule has 0 spiro atoms. The first-order valence-electron chi connectivity index (χ1n) is 7.15. The minimum absolute atomic E-state index is 0.295. The molecule has 0 N–H and O–H groups in total. The van der Waals surface area contributed by atoms with Crippen molar-refractivity contribution < 1.29 is 14.3 Å². The molecule has 3 nitrogen and oxygen atoms in total. The Morgan fingerprint density at radius 3 is 2.57 bits per heavy atom. The number of para-hydroxylation sites is 1. The van der Waals surface area contributed by atoms with Gasteiger partial charge in [-0.05, 0) is 42.7 Å². The van der Waals surface area contributed by atoms with Gasteiger partial charge in [-0.3, -0.25) is 0 Å². The van der Waals surface area contributed by atoms with E-state index in [1.165, 1.54) is 0 Å². The zero-order valence-corrected chi connectivity index (χ0v) is 12.6. The second kappa shape index (κ2) is 6.93. The first-order chi connectivity index (χ1) is 10.1. The number of hydrogen-bond acceptors (Lipinski definition) is 3. The van der Waals surface area contributed by atoms with Crippen LogP contribution in [-0.4, -0.2) is 12.6 Å². The Bertz CT molecular complexity index is 617. The molecular weight excluding hydrogens is 264 g/mol. The van der Waals surface area contributed by atoms with Crippen molar-refractivity contribution in [3.63, 3.8) is 0 Å². The Morgan fingerprint density at radius 1 is 1.10 bits per heavy atom. The van der Waals surface area contributed by atoms with Gasteiger partial charge in [0, 0.05) is 0 Å². The summed E-state index contributed by atoms with van der Waals surface area (Å²) in [7, 11) is 0. The van der Waals surface area contributed by atoms with Crippen LogP contribution in [0.5, 0.6) is 11.5 Å². The minimum Gasteiger partial charge on any atom is -0.494 e. The molecule has 110 valence electrons. The molecule has 0 bridgehead atoms. The van der Waals surface area contributed by atoms with Crippen LogP contribution in [0, 0.1) is 0 Å². The Labute approximate surface area is 125 Å². The van der Waals surface area contributed by atoms with E-state index in [0.29, 0.717) is 29.6 Å². The van der Waals surface area contributed by atoms with Gasteiger partial charge in [0.2, 0.25) is 0 Å². The highest BCUT2D eigenvalue weighted by Crippen LogP contribution is 2.27. The molecule has 0 aliphatic rings. The fourth-order valence-corrected chi connectivity index (χ4v) is 2.09. The molecule has 0 aliphatic carbocycles. The lowest BCUT2D eigenvalue weighted by atomic mass is 10.0. The Hall–Kier alpha value is -2.29. The van der Waals surface area contributed by atoms with Gasteiger partial charge in [0.1, 0.15) is 11.5 Å². The first-order valence-corrected chi connectivity index (χ1v) is 7.15. The summed E-state index contributed by atoms with van der Waals surface area (Å²) in [6.45, 7) is 6.61. The van der Waals surface area contributed by atoms with Crippen molar-refractivity contribution in [3.05, 3.63) is 59.7 Å². The van der Waals surface area contributed by atoms with Crippen LogP contribution in [0.15, 0.2) is 48.5 Å². The first kappa shape index (κ1) is 15.1. The molecule has 2 rings (SSSR count). The molecule has 21 heavy (non-hydrogen) atoms. The number of carbonyl (C=O) groups excluding carboxylic acids is 1. The van der Waals surface area contributed by atoms with Crippen molar-refractivity contribution in [2.45, 2.75) is 26.7 Å². The topological polar surface area (TPSA) is 35.5 Å². The molecule has 0 aromatic heterocycles. The molecule has 0 atom stereocenters. The smallest absolute Gasteiger partial charge is 0.343 e. The van der Waals surface area contributed by atoms with E-state index in [9.17, 15) is 4.79 Å². The molecule has 0 radical (unpaired) electrons. The predicted molar refractivity (Wildman–Crippen MR) is 83.1 cm³/mol. The molecule has 2 aromatic rings. The van der Waals surface area contributed by atoms with E-state index in [-0.39, 0.29) is 5.97 Å². The third-order valence-corrected chi connectivity index (χ3v) is 3.12. The maximum Gasteiger partial charge on any atom is 0.343 e. The standard InChI is InChI=1S/C18H20O3/c1-4-20-15-9-7-8-14(12-15)18(19)21-17-11-6-5-10-16(17)13(2)3/h5-13H,4H2,1-3H3.